The fourth-order valence-corrected chi connectivity index (χ4v) is 2.26. The molecule has 0 aromatic heterocycles. The second kappa shape index (κ2) is 7.15. The van der Waals surface area contributed by atoms with Gasteiger partial charge in [-0.25, -0.2) is 0 Å². The van der Waals surface area contributed by atoms with E-state index in [9.17, 15) is 0 Å². The summed E-state index contributed by atoms with van der Waals surface area (Å²) in [6.07, 6.45) is 1.08. The highest BCUT2D eigenvalue weighted by molar-refractivity contribution is 9.09. The third-order valence-corrected chi connectivity index (χ3v) is 4.13. The smallest absolute Gasteiger partial charge is 0.122 e. The Kier molecular flexibility index (Phi) is 6.16. The summed E-state index contributed by atoms with van der Waals surface area (Å²) in [5.74, 6) is 1.51. The lowest BCUT2D eigenvalue weighted by molar-refractivity contribution is 0.398. The van der Waals surface area contributed by atoms with Crippen molar-refractivity contribution in [1.29, 1.82) is 0 Å². The van der Waals surface area contributed by atoms with Crippen molar-refractivity contribution in [2.45, 2.75) is 33.1 Å². The minimum atomic E-state index is 0.494. The van der Waals surface area contributed by atoms with Crippen LogP contribution >= 0.6 is 15.9 Å². The van der Waals surface area contributed by atoms with Crippen LogP contribution in [0.3, 0.4) is 0 Å². The minimum Gasteiger partial charge on any atom is -0.496 e. The summed E-state index contributed by atoms with van der Waals surface area (Å²) in [6, 6.07) is 4.47. The number of halogens is 1. The van der Waals surface area contributed by atoms with Crippen molar-refractivity contribution in [1.82, 2.24) is 4.90 Å². The maximum Gasteiger partial charge on any atom is 0.122 e. The number of aryl methyl sites for hydroxylation is 1. The van der Waals surface area contributed by atoms with Gasteiger partial charge in [0.05, 0.1) is 12.6 Å². The molecule has 0 saturated heterocycles. The molecule has 0 atom stereocenters. The first kappa shape index (κ1) is 15.5. The number of likely N-dealkylation sites (N-methyl/N-ethyl adjacent to an activating group) is 1. The van der Waals surface area contributed by atoms with E-state index >= 15 is 0 Å². The number of rotatable bonds is 6. The van der Waals surface area contributed by atoms with Gasteiger partial charge in [-0.15, -0.1) is 0 Å². The fourth-order valence-electron chi connectivity index (χ4n) is 2.01. The van der Waals surface area contributed by atoms with Crippen LogP contribution in [0.15, 0.2) is 12.1 Å². The van der Waals surface area contributed by atoms with E-state index in [-0.39, 0.29) is 0 Å². The van der Waals surface area contributed by atoms with Crippen LogP contribution in [0.5, 0.6) is 5.75 Å². The lowest BCUT2D eigenvalue weighted by Crippen LogP contribution is -2.19. The molecule has 1 rings (SSSR count). The topological polar surface area (TPSA) is 12.5 Å². The summed E-state index contributed by atoms with van der Waals surface area (Å²) in [4.78, 5) is 2.26. The van der Waals surface area contributed by atoms with Crippen molar-refractivity contribution in [2.24, 2.45) is 0 Å². The number of ether oxygens (including phenoxy) is 1. The average molecular weight is 314 g/mol. The molecule has 2 nitrogen and oxygen atoms in total. The zero-order valence-electron chi connectivity index (χ0n) is 12.1. The van der Waals surface area contributed by atoms with Crippen molar-refractivity contribution in [2.75, 3.05) is 26.2 Å². The molecule has 0 heterocycles. The van der Waals surface area contributed by atoms with Crippen LogP contribution in [0.1, 0.15) is 36.5 Å². The van der Waals surface area contributed by atoms with Gasteiger partial charge in [0.25, 0.3) is 0 Å². The maximum absolute atomic E-state index is 5.47. The molecule has 0 aliphatic rings. The van der Waals surface area contributed by atoms with E-state index < -0.39 is 0 Å². The van der Waals surface area contributed by atoms with Crippen molar-refractivity contribution in [3.05, 3.63) is 28.8 Å². The molecule has 0 unspecified atom stereocenters. The van der Waals surface area contributed by atoms with Gasteiger partial charge in [-0.05, 0) is 49.1 Å². The number of alkyl halides is 1. The second-order valence-corrected chi connectivity index (χ2v) is 5.63. The van der Waals surface area contributed by atoms with E-state index in [1.165, 1.54) is 16.7 Å². The van der Waals surface area contributed by atoms with Gasteiger partial charge in [-0.2, -0.15) is 0 Å². The van der Waals surface area contributed by atoms with Gasteiger partial charge < -0.3 is 4.74 Å². The van der Waals surface area contributed by atoms with Gasteiger partial charge in [0.1, 0.15) is 5.75 Å². The highest BCUT2D eigenvalue weighted by Crippen LogP contribution is 2.29. The molecule has 0 radical (unpaired) electrons. The highest BCUT2D eigenvalue weighted by Gasteiger charge is 2.11. The molecule has 0 aliphatic heterocycles. The van der Waals surface area contributed by atoms with Crippen molar-refractivity contribution in [3.63, 3.8) is 0 Å². The molecule has 0 amide bonds. The summed E-state index contributed by atoms with van der Waals surface area (Å²) in [5, 5.41) is 0. The summed E-state index contributed by atoms with van der Waals surface area (Å²) >= 11 is 3.47. The molecule has 18 heavy (non-hydrogen) atoms. The van der Waals surface area contributed by atoms with Crippen LogP contribution in [0.4, 0.5) is 0 Å². The highest BCUT2D eigenvalue weighted by atomic mass is 79.9. The van der Waals surface area contributed by atoms with Crippen molar-refractivity contribution < 1.29 is 4.74 Å². The number of nitrogens with zero attached hydrogens (tertiary/aromatic N) is 1. The largest absolute Gasteiger partial charge is 0.496 e. The lowest BCUT2D eigenvalue weighted by Gasteiger charge is -2.18. The van der Waals surface area contributed by atoms with Crippen molar-refractivity contribution in [3.8, 4) is 5.75 Å². The number of hydrogen-bond acceptors (Lipinski definition) is 2. The fraction of sp³-hybridized carbons (Fsp3) is 0.600. The van der Waals surface area contributed by atoms with E-state index in [4.69, 9.17) is 4.74 Å². The van der Waals surface area contributed by atoms with Crippen LogP contribution in [0.2, 0.25) is 0 Å². The molecule has 0 fully saturated rings. The molecule has 1 aromatic rings. The predicted octanol–water partition coefficient (Wildman–Crippen LogP) is 3.95. The Morgan fingerprint density at radius 3 is 2.50 bits per heavy atom. The molecular weight excluding hydrogens is 290 g/mol. The normalized spacial score (nSPS) is 11.3. The average Bonchev–Trinajstić information content (AvgIpc) is 2.35. The Morgan fingerprint density at radius 1 is 1.33 bits per heavy atom. The summed E-state index contributed by atoms with van der Waals surface area (Å²) in [6.45, 7) is 7.65. The number of methoxy groups -OCH3 is 1. The monoisotopic (exact) mass is 313 g/mol. The molecule has 0 saturated carbocycles. The zero-order chi connectivity index (χ0) is 13.7. The molecule has 0 spiro atoms. The summed E-state index contributed by atoms with van der Waals surface area (Å²) in [7, 11) is 3.87. The molecule has 3 heteroatoms. The van der Waals surface area contributed by atoms with Gasteiger partial charge in [0, 0.05) is 6.54 Å². The second-order valence-electron chi connectivity index (χ2n) is 5.12. The number of hydrogen-bond donors (Lipinski definition) is 0. The first-order chi connectivity index (χ1) is 8.49. The standard InChI is InChI=1S/C15H24BrNO/c1-11(2)14-9-13(6-7-17(4)10-16)12(3)8-15(14)18-5/h8-9,11H,6-7,10H2,1-5H3. The Morgan fingerprint density at radius 2 is 2.00 bits per heavy atom. The van der Waals surface area contributed by atoms with Crippen molar-refractivity contribution >= 4 is 15.9 Å². The molecule has 0 aliphatic carbocycles. The van der Waals surface area contributed by atoms with Crippen LogP contribution < -0.4 is 4.74 Å². The van der Waals surface area contributed by atoms with Crippen LogP contribution in [0.25, 0.3) is 0 Å². The van der Waals surface area contributed by atoms with Gasteiger partial charge in [-0.3, -0.25) is 4.90 Å². The Labute approximate surface area is 119 Å². The van der Waals surface area contributed by atoms with Crippen LogP contribution in [-0.2, 0) is 6.42 Å². The summed E-state index contributed by atoms with van der Waals surface area (Å²) < 4.78 is 5.47. The maximum atomic E-state index is 5.47. The lowest BCUT2D eigenvalue weighted by atomic mass is 9.95. The predicted molar refractivity (Wildman–Crippen MR) is 81.9 cm³/mol. The van der Waals surface area contributed by atoms with Gasteiger partial charge in [-0.1, -0.05) is 35.8 Å². The first-order valence-electron chi connectivity index (χ1n) is 6.41. The molecule has 0 N–H and O–H groups in total. The Balaban J connectivity index is 2.95. The van der Waals surface area contributed by atoms with Gasteiger partial charge in [0.15, 0.2) is 0 Å². The molecular formula is C15H24BrNO. The van der Waals surface area contributed by atoms with Gasteiger partial charge >= 0.3 is 0 Å². The van der Waals surface area contributed by atoms with Crippen LogP contribution in [-0.4, -0.2) is 31.1 Å². The third kappa shape index (κ3) is 3.99. The van der Waals surface area contributed by atoms with Crippen LogP contribution in [0, 0.1) is 6.92 Å². The Bertz CT molecular complexity index is 390. The zero-order valence-corrected chi connectivity index (χ0v) is 13.7. The third-order valence-electron chi connectivity index (χ3n) is 3.28. The molecule has 1 aromatic carbocycles. The van der Waals surface area contributed by atoms with E-state index in [0.29, 0.717) is 5.92 Å². The van der Waals surface area contributed by atoms with Gasteiger partial charge in [0.2, 0.25) is 0 Å². The SMILES string of the molecule is COc1cc(C)c(CCN(C)CBr)cc1C(C)C. The van der Waals surface area contributed by atoms with E-state index in [1.807, 2.05) is 0 Å². The molecule has 102 valence electrons. The first-order valence-corrected chi connectivity index (χ1v) is 7.53. The minimum absolute atomic E-state index is 0.494. The van der Waals surface area contributed by atoms with E-state index in [1.54, 1.807) is 7.11 Å². The van der Waals surface area contributed by atoms with E-state index in [0.717, 1.165) is 24.2 Å². The Hall–Kier alpha value is -0.540. The number of benzene rings is 1. The summed E-state index contributed by atoms with van der Waals surface area (Å²) in [5.41, 5.74) is 4.96. The van der Waals surface area contributed by atoms with E-state index in [2.05, 4.69) is 60.8 Å². The quantitative estimate of drug-likeness (QED) is 0.582. The molecule has 0 bridgehead atoms.